The van der Waals surface area contributed by atoms with Crippen molar-refractivity contribution in [1.29, 1.82) is 0 Å². The van der Waals surface area contributed by atoms with Gasteiger partial charge in [-0.1, -0.05) is 44.2 Å². The van der Waals surface area contributed by atoms with Crippen LogP contribution in [0, 0.1) is 0 Å². The molecule has 0 saturated carbocycles. The molecule has 1 heterocycles. The smallest absolute Gasteiger partial charge is 0.251 e. The summed E-state index contributed by atoms with van der Waals surface area (Å²) >= 11 is 0. The van der Waals surface area contributed by atoms with Gasteiger partial charge < -0.3 is 10.2 Å². The Morgan fingerprint density at radius 3 is 2.43 bits per heavy atom. The molecule has 30 heavy (non-hydrogen) atoms. The van der Waals surface area contributed by atoms with E-state index in [0.717, 1.165) is 12.0 Å². The van der Waals surface area contributed by atoms with Gasteiger partial charge in [-0.25, -0.2) is 8.42 Å². The Balaban J connectivity index is 1.64. The highest BCUT2D eigenvalue weighted by molar-refractivity contribution is 7.89. The Morgan fingerprint density at radius 1 is 1.03 bits per heavy atom. The van der Waals surface area contributed by atoms with E-state index in [-0.39, 0.29) is 22.9 Å². The van der Waals surface area contributed by atoms with Crippen molar-refractivity contribution in [3.63, 3.8) is 0 Å². The van der Waals surface area contributed by atoms with Crippen molar-refractivity contribution in [3.05, 3.63) is 65.2 Å². The molecule has 0 atom stereocenters. The van der Waals surface area contributed by atoms with Crippen LogP contribution < -0.4 is 5.32 Å². The zero-order chi connectivity index (χ0) is 21.7. The Hall–Kier alpha value is -2.71. The maximum Gasteiger partial charge on any atom is 0.251 e. The molecule has 0 aliphatic carbocycles. The third-order valence-electron chi connectivity index (χ3n) is 5.32. The van der Waals surface area contributed by atoms with E-state index in [9.17, 15) is 18.0 Å². The molecule has 2 amide bonds. The molecule has 0 fully saturated rings. The minimum Gasteiger partial charge on any atom is -0.343 e. The van der Waals surface area contributed by atoms with Gasteiger partial charge in [-0.3, -0.25) is 9.59 Å². The zero-order valence-corrected chi connectivity index (χ0v) is 18.1. The number of sulfonamides is 1. The summed E-state index contributed by atoms with van der Waals surface area (Å²) in [7, 11) is -3.66. The first kappa shape index (κ1) is 22.0. The van der Waals surface area contributed by atoms with Gasteiger partial charge in [-0.05, 0) is 35.7 Å². The summed E-state index contributed by atoms with van der Waals surface area (Å²) < 4.78 is 26.7. The second kappa shape index (κ2) is 9.40. The first-order chi connectivity index (χ1) is 14.4. The van der Waals surface area contributed by atoms with Crippen LogP contribution in [0.25, 0.3) is 0 Å². The van der Waals surface area contributed by atoms with E-state index in [2.05, 4.69) is 11.4 Å². The molecule has 0 saturated heterocycles. The molecule has 0 aromatic heterocycles. The lowest BCUT2D eigenvalue weighted by molar-refractivity contribution is -0.131. The van der Waals surface area contributed by atoms with Crippen LogP contribution in [0.3, 0.4) is 0 Å². The van der Waals surface area contributed by atoms with Crippen LogP contribution in [-0.2, 0) is 27.8 Å². The fourth-order valence-corrected chi connectivity index (χ4v) is 5.09. The lowest BCUT2D eigenvalue weighted by atomic mass is 10.00. The van der Waals surface area contributed by atoms with Crippen LogP contribution in [0.4, 0.5) is 0 Å². The normalized spacial score (nSPS) is 13.8. The Bertz CT molecular complexity index is 1030. The first-order valence-corrected chi connectivity index (χ1v) is 11.5. The summed E-state index contributed by atoms with van der Waals surface area (Å²) in [6.45, 7) is 5.25. The number of nitrogens with zero attached hydrogens (tertiary/aromatic N) is 2. The summed E-state index contributed by atoms with van der Waals surface area (Å²) in [6, 6.07) is 13.9. The molecule has 160 valence electrons. The quantitative estimate of drug-likeness (QED) is 0.730. The molecule has 1 aliphatic heterocycles. The molecule has 8 heteroatoms. The van der Waals surface area contributed by atoms with E-state index in [1.165, 1.54) is 34.1 Å². The highest BCUT2D eigenvalue weighted by Crippen LogP contribution is 2.19. The zero-order valence-electron chi connectivity index (χ0n) is 17.3. The van der Waals surface area contributed by atoms with E-state index < -0.39 is 15.9 Å². The monoisotopic (exact) mass is 429 g/mol. The summed E-state index contributed by atoms with van der Waals surface area (Å²) in [6.07, 6.45) is 0.793. The SMILES string of the molecule is CCN(CC)S(=O)(=O)c1cccc(C(=O)NCC(=O)N2CCc3ccccc3C2)c1. The second-order valence-electron chi connectivity index (χ2n) is 7.13. The fraction of sp³-hybridized carbons (Fsp3) is 0.364. The topological polar surface area (TPSA) is 86.8 Å². The molecule has 3 rings (SSSR count). The van der Waals surface area contributed by atoms with Crippen LogP contribution in [0.2, 0.25) is 0 Å². The minimum atomic E-state index is -3.66. The molecule has 0 bridgehead atoms. The van der Waals surface area contributed by atoms with Crippen molar-refractivity contribution in [2.75, 3.05) is 26.2 Å². The van der Waals surface area contributed by atoms with E-state index in [1.807, 2.05) is 18.2 Å². The van der Waals surface area contributed by atoms with Crippen LogP contribution in [-0.4, -0.2) is 55.6 Å². The van der Waals surface area contributed by atoms with Crippen molar-refractivity contribution in [3.8, 4) is 0 Å². The van der Waals surface area contributed by atoms with Crippen molar-refractivity contribution in [2.24, 2.45) is 0 Å². The Kier molecular flexibility index (Phi) is 6.89. The Morgan fingerprint density at radius 2 is 1.73 bits per heavy atom. The first-order valence-electron chi connectivity index (χ1n) is 10.1. The van der Waals surface area contributed by atoms with E-state index >= 15 is 0 Å². The van der Waals surface area contributed by atoms with Crippen molar-refractivity contribution >= 4 is 21.8 Å². The largest absolute Gasteiger partial charge is 0.343 e. The fourth-order valence-electron chi connectivity index (χ4n) is 3.59. The predicted octanol–water partition coefficient (Wildman–Crippen LogP) is 2.03. The van der Waals surface area contributed by atoms with E-state index in [1.54, 1.807) is 18.7 Å². The van der Waals surface area contributed by atoms with Crippen LogP contribution in [0.15, 0.2) is 53.4 Å². The standard InChI is InChI=1S/C22H27N3O4S/c1-3-25(4-2)30(28,29)20-11-7-10-18(14-20)22(27)23-15-21(26)24-13-12-17-8-5-6-9-19(17)16-24/h5-11,14H,3-4,12-13,15-16H2,1-2H3,(H,23,27). The molecule has 7 nitrogen and oxygen atoms in total. The van der Waals surface area contributed by atoms with Gasteiger partial charge in [0.05, 0.1) is 11.4 Å². The average Bonchev–Trinajstić information content (AvgIpc) is 2.77. The number of nitrogens with one attached hydrogen (secondary N) is 1. The average molecular weight is 430 g/mol. The number of carbonyl (C=O) groups excluding carboxylic acids is 2. The molecule has 0 spiro atoms. The summed E-state index contributed by atoms with van der Waals surface area (Å²) in [4.78, 5) is 26.9. The highest BCUT2D eigenvalue weighted by Gasteiger charge is 2.23. The van der Waals surface area contributed by atoms with Gasteiger partial charge in [0.1, 0.15) is 0 Å². The van der Waals surface area contributed by atoms with Crippen LogP contribution >= 0.6 is 0 Å². The number of carbonyl (C=O) groups is 2. The number of hydrogen-bond donors (Lipinski definition) is 1. The van der Waals surface area contributed by atoms with Crippen molar-refractivity contribution < 1.29 is 18.0 Å². The van der Waals surface area contributed by atoms with E-state index in [0.29, 0.717) is 26.2 Å². The molecule has 0 radical (unpaired) electrons. The van der Waals surface area contributed by atoms with Gasteiger partial charge in [-0.15, -0.1) is 0 Å². The lowest BCUT2D eigenvalue weighted by Gasteiger charge is -2.29. The molecular formula is C22H27N3O4S. The van der Waals surface area contributed by atoms with E-state index in [4.69, 9.17) is 0 Å². The number of rotatable bonds is 7. The van der Waals surface area contributed by atoms with Gasteiger partial charge >= 0.3 is 0 Å². The van der Waals surface area contributed by atoms with Gasteiger partial charge in [0, 0.05) is 31.7 Å². The van der Waals surface area contributed by atoms with Crippen molar-refractivity contribution in [1.82, 2.24) is 14.5 Å². The second-order valence-corrected chi connectivity index (χ2v) is 9.07. The van der Waals surface area contributed by atoms with Crippen LogP contribution in [0.5, 0.6) is 0 Å². The maximum atomic E-state index is 12.7. The molecule has 1 aliphatic rings. The summed E-state index contributed by atoms with van der Waals surface area (Å²) in [5.74, 6) is -0.637. The molecular weight excluding hydrogens is 402 g/mol. The maximum absolute atomic E-state index is 12.7. The van der Waals surface area contributed by atoms with Crippen LogP contribution in [0.1, 0.15) is 35.3 Å². The molecule has 2 aromatic rings. The highest BCUT2D eigenvalue weighted by atomic mass is 32.2. The third-order valence-corrected chi connectivity index (χ3v) is 7.37. The molecule has 2 aromatic carbocycles. The molecule has 0 unspecified atom stereocenters. The number of amides is 2. The molecule has 1 N–H and O–H groups in total. The number of benzene rings is 2. The third kappa shape index (κ3) is 4.71. The van der Waals surface area contributed by atoms with Gasteiger partial charge in [0.15, 0.2) is 0 Å². The summed E-state index contributed by atoms with van der Waals surface area (Å²) in [5, 5.41) is 2.62. The number of hydrogen-bond acceptors (Lipinski definition) is 4. The predicted molar refractivity (Wildman–Crippen MR) is 114 cm³/mol. The number of fused-ring (bicyclic) bond motifs is 1. The van der Waals surface area contributed by atoms with Gasteiger partial charge in [0.25, 0.3) is 5.91 Å². The minimum absolute atomic E-state index is 0.0674. The Labute approximate surface area is 177 Å². The van der Waals surface area contributed by atoms with Gasteiger partial charge in [0.2, 0.25) is 15.9 Å². The summed E-state index contributed by atoms with van der Waals surface area (Å²) in [5.41, 5.74) is 2.58. The lowest BCUT2D eigenvalue weighted by Crippen LogP contribution is -2.42. The van der Waals surface area contributed by atoms with Gasteiger partial charge in [-0.2, -0.15) is 4.31 Å². The van der Waals surface area contributed by atoms with Crippen molar-refractivity contribution in [2.45, 2.75) is 31.7 Å².